The zero-order chi connectivity index (χ0) is 24.2. The van der Waals surface area contributed by atoms with Crippen molar-refractivity contribution in [1.29, 1.82) is 0 Å². The normalized spacial score (nSPS) is 11.0. The van der Waals surface area contributed by atoms with E-state index >= 15 is 0 Å². The lowest BCUT2D eigenvalue weighted by Gasteiger charge is -2.10. The Kier molecular flexibility index (Phi) is 6.72. The van der Waals surface area contributed by atoms with Gasteiger partial charge in [-0.15, -0.1) is 4.68 Å². The van der Waals surface area contributed by atoms with Gasteiger partial charge in [0.25, 0.3) is 15.9 Å². The van der Waals surface area contributed by atoms with Crippen molar-refractivity contribution in [2.24, 2.45) is 0 Å². The van der Waals surface area contributed by atoms with E-state index in [-0.39, 0.29) is 40.7 Å². The van der Waals surface area contributed by atoms with Gasteiger partial charge in [0.05, 0.1) is 30.9 Å². The minimum absolute atomic E-state index is 0.0628. The van der Waals surface area contributed by atoms with Gasteiger partial charge in [0.1, 0.15) is 0 Å². The standard InChI is InChI=1S/C18H19N7O7S/c1-11-8-17(25(27)28)24(22-11)10-15(26)19-12-4-6-13(7-5-12)33(29,30)23-14-9-16(31-2)21-18(20-14)32-3/h4-9H,10H2,1-3H3,(H,19,26)(H,20,21,23). The third-order valence-corrected chi connectivity index (χ3v) is 5.49. The van der Waals surface area contributed by atoms with E-state index in [4.69, 9.17) is 9.47 Å². The van der Waals surface area contributed by atoms with Crippen LogP contribution in [0.1, 0.15) is 5.69 Å². The molecule has 0 aliphatic carbocycles. The van der Waals surface area contributed by atoms with Crippen molar-refractivity contribution in [1.82, 2.24) is 19.7 Å². The Morgan fingerprint density at radius 2 is 1.85 bits per heavy atom. The Balaban J connectivity index is 1.70. The number of sulfonamides is 1. The average Bonchev–Trinajstić information content (AvgIpc) is 3.13. The number of hydrogen-bond donors (Lipinski definition) is 2. The molecule has 2 N–H and O–H groups in total. The molecule has 0 radical (unpaired) electrons. The van der Waals surface area contributed by atoms with Crippen molar-refractivity contribution in [3.63, 3.8) is 0 Å². The topological polar surface area (TPSA) is 180 Å². The second-order valence-corrected chi connectivity index (χ2v) is 8.20. The predicted octanol–water partition coefficient (Wildman–Crippen LogP) is 1.35. The molecule has 1 amide bonds. The van der Waals surface area contributed by atoms with E-state index in [0.29, 0.717) is 5.69 Å². The number of amides is 1. The molecule has 33 heavy (non-hydrogen) atoms. The SMILES string of the molecule is COc1cc(NS(=O)(=O)c2ccc(NC(=O)Cn3nc(C)cc3[N+](=O)[O-])cc2)nc(OC)n1. The Morgan fingerprint density at radius 3 is 2.45 bits per heavy atom. The van der Waals surface area contributed by atoms with E-state index < -0.39 is 20.9 Å². The average molecular weight is 477 g/mol. The summed E-state index contributed by atoms with van der Waals surface area (Å²) in [4.78, 5) is 30.3. The third-order valence-electron chi connectivity index (χ3n) is 4.12. The maximum absolute atomic E-state index is 12.7. The highest BCUT2D eigenvalue weighted by molar-refractivity contribution is 7.92. The fourth-order valence-electron chi connectivity index (χ4n) is 2.70. The first-order chi connectivity index (χ1) is 15.6. The molecular formula is C18H19N7O7S. The van der Waals surface area contributed by atoms with Crippen LogP contribution in [0, 0.1) is 17.0 Å². The number of carbonyl (C=O) groups is 1. The van der Waals surface area contributed by atoms with Gasteiger partial charge in [-0.25, -0.2) is 8.42 Å². The first kappa shape index (κ1) is 23.4. The van der Waals surface area contributed by atoms with Gasteiger partial charge in [0.2, 0.25) is 5.88 Å². The van der Waals surface area contributed by atoms with Crippen LogP contribution in [-0.4, -0.2) is 53.2 Å². The number of ether oxygens (including phenoxy) is 2. The molecule has 3 rings (SSSR count). The number of carbonyl (C=O) groups excluding carboxylic acids is 1. The zero-order valence-corrected chi connectivity index (χ0v) is 18.5. The molecule has 0 atom stereocenters. The Hall–Kier alpha value is -4.27. The number of nitro groups is 1. The largest absolute Gasteiger partial charge is 0.481 e. The van der Waals surface area contributed by atoms with E-state index in [2.05, 4.69) is 25.1 Å². The molecule has 2 heterocycles. The summed E-state index contributed by atoms with van der Waals surface area (Å²) < 4.78 is 38.5. The quantitative estimate of drug-likeness (QED) is 0.337. The first-order valence-corrected chi connectivity index (χ1v) is 10.7. The van der Waals surface area contributed by atoms with Crippen LogP contribution in [0.4, 0.5) is 17.3 Å². The second-order valence-electron chi connectivity index (χ2n) is 6.52. The van der Waals surface area contributed by atoms with Gasteiger partial charge in [-0.3, -0.25) is 9.52 Å². The lowest BCUT2D eigenvalue weighted by atomic mass is 10.3. The lowest BCUT2D eigenvalue weighted by Crippen LogP contribution is -2.20. The number of hydrogen-bond acceptors (Lipinski definition) is 10. The van der Waals surface area contributed by atoms with Crippen molar-refractivity contribution in [3.8, 4) is 11.9 Å². The zero-order valence-electron chi connectivity index (χ0n) is 17.7. The Morgan fingerprint density at radius 1 is 1.15 bits per heavy atom. The van der Waals surface area contributed by atoms with Crippen LogP contribution in [-0.2, 0) is 21.4 Å². The van der Waals surface area contributed by atoms with E-state index in [9.17, 15) is 23.3 Å². The minimum Gasteiger partial charge on any atom is -0.481 e. The van der Waals surface area contributed by atoms with Gasteiger partial charge in [-0.1, -0.05) is 5.10 Å². The summed E-state index contributed by atoms with van der Waals surface area (Å²) in [6.07, 6.45) is 0. The van der Waals surface area contributed by atoms with Crippen molar-refractivity contribution in [3.05, 3.63) is 52.2 Å². The van der Waals surface area contributed by atoms with Gasteiger partial charge in [-0.05, 0) is 36.1 Å². The number of aromatic nitrogens is 4. The molecule has 14 nitrogen and oxygen atoms in total. The highest BCUT2D eigenvalue weighted by Gasteiger charge is 2.20. The lowest BCUT2D eigenvalue weighted by molar-refractivity contribution is -0.392. The summed E-state index contributed by atoms with van der Waals surface area (Å²) in [6.45, 7) is 1.19. The van der Waals surface area contributed by atoms with Crippen molar-refractivity contribution < 1.29 is 27.6 Å². The van der Waals surface area contributed by atoms with E-state index in [0.717, 1.165) is 4.68 Å². The summed E-state index contributed by atoms with van der Waals surface area (Å²) in [5.41, 5.74) is 0.686. The summed E-state index contributed by atoms with van der Waals surface area (Å²) in [5.74, 6) is -0.847. The Labute approximate surface area is 187 Å². The number of methoxy groups -OCH3 is 2. The summed E-state index contributed by atoms with van der Waals surface area (Å²) >= 11 is 0. The van der Waals surface area contributed by atoms with Crippen molar-refractivity contribution >= 4 is 33.3 Å². The Bertz CT molecular complexity index is 1270. The predicted molar refractivity (Wildman–Crippen MR) is 115 cm³/mol. The van der Waals surface area contributed by atoms with Gasteiger partial charge >= 0.3 is 11.8 Å². The van der Waals surface area contributed by atoms with Crippen LogP contribution in [0.3, 0.4) is 0 Å². The summed E-state index contributed by atoms with van der Waals surface area (Å²) in [7, 11) is -1.34. The molecule has 0 unspecified atom stereocenters. The van der Waals surface area contributed by atoms with Crippen LogP contribution in [0.15, 0.2) is 41.3 Å². The highest BCUT2D eigenvalue weighted by Crippen LogP contribution is 2.21. The first-order valence-electron chi connectivity index (χ1n) is 9.20. The summed E-state index contributed by atoms with van der Waals surface area (Å²) in [6, 6.07) is 7.74. The van der Waals surface area contributed by atoms with E-state index in [1.54, 1.807) is 6.92 Å². The van der Waals surface area contributed by atoms with Crippen LogP contribution in [0.5, 0.6) is 11.9 Å². The van der Waals surface area contributed by atoms with E-state index in [1.165, 1.54) is 50.6 Å². The molecule has 174 valence electrons. The number of rotatable bonds is 9. The molecular weight excluding hydrogens is 458 g/mol. The van der Waals surface area contributed by atoms with Crippen molar-refractivity contribution in [2.45, 2.75) is 18.4 Å². The van der Waals surface area contributed by atoms with Crippen molar-refractivity contribution in [2.75, 3.05) is 24.3 Å². The third kappa shape index (κ3) is 5.70. The van der Waals surface area contributed by atoms with Gasteiger partial charge in [0.15, 0.2) is 12.4 Å². The molecule has 0 saturated carbocycles. The molecule has 0 bridgehead atoms. The molecule has 0 saturated heterocycles. The molecule has 2 aromatic heterocycles. The molecule has 0 spiro atoms. The van der Waals surface area contributed by atoms with Gasteiger partial charge in [-0.2, -0.15) is 9.97 Å². The maximum Gasteiger partial charge on any atom is 0.345 e. The molecule has 15 heteroatoms. The fraction of sp³-hybridized carbons (Fsp3) is 0.222. The van der Waals surface area contributed by atoms with Gasteiger partial charge < -0.3 is 24.9 Å². The number of nitrogens with zero attached hydrogens (tertiary/aromatic N) is 5. The second kappa shape index (κ2) is 9.47. The number of nitrogens with one attached hydrogen (secondary N) is 2. The maximum atomic E-state index is 12.7. The molecule has 0 aliphatic rings. The fourth-order valence-corrected chi connectivity index (χ4v) is 3.69. The van der Waals surface area contributed by atoms with Crippen LogP contribution in [0.25, 0.3) is 0 Å². The summed E-state index contributed by atoms with van der Waals surface area (Å²) in [5, 5.41) is 17.5. The highest BCUT2D eigenvalue weighted by atomic mass is 32.2. The minimum atomic E-state index is -4.02. The van der Waals surface area contributed by atoms with Gasteiger partial charge in [0, 0.05) is 11.8 Å². The molecule has 0 aliphatic heterocycles. The van der Waals surface area contributed by atoms with E-state index in [1.807, 2.05) is 0 Å². The smallest absolute Gasteiger partial charge is 0.345 e. The molecule has 3 aromatic rings. The number of aryl methyl sites for hydroxylation is 1. The molecule has 1 aromatic carbocycles. The monoisotopic (exact) mass is 477 g/mol. The number of benzene rings is 1. The number of anilines is 2. The van der Waals surface area contributed by atoms with Crippen LogP contribution < -0.4 is 19.5 Å². The van der Waals surface area contributed by atoms with Crippen LogP contribution in [0.2, 0.25) is 0 Å². The molecule has 0 fully saturated rings. The van der Waals surface area contributed by atoms with Crippen LogP contribution >= 0.6 is 0 Å².